The van der Waals surface area contributed by atoms with Crippen molar-refractivity contribution >= 4 is 11.9 Å². The number of ether oxygens (including phenoxy) is 3. The summed E-state index contributed by atoms with van der Waals surface area (Å²) in [5, 5.41) is 2.85. The summed E-state index contributed by atoms with van der Waals surface area (Å²) >= 11 is 0. The van der Waals surface area contributed by atoms with Gasteiger partial charge in [-0.15, -0.1) is 0 Å². The van der Waals surface area contributed by atoms with E-state index in [2.05, 4.69) is 54.7 Å². The van der Waals surface area contributed by atoms with E-state index in [-0.39, 0.29) is 18.5 Å². The SMILES string of the molecule is CC(=O)NCCCCc1ccc(OCc2cccc(-c3ccccc3)c2C)cc1OCc1cccc(C(=O)OC(C)(C)C)c1. The van der Waals surface area contributed by atoms with Crippen molar-refractivity contribution in [2.24, 2.45) is 0 Å². The number of nitrogens with one attached hydrogen (secondary N) is 1. The Labute approximate surface area is 261 Å². The number of hydrogen-bond acceptors (Lipinski definition) is 5. The Morgan fingerprint density at radius 3 is 2.30 bits per heavy atom. The van der Waals surface area contributed by atoms with E-state index < -0.39 is 5.60 Å². The lowest BCUT2D eigenvalue weighted by molar-refractivity contribution is -0.118. The van der Waals surface area contributed by atoms with Gasteiger partial charge < -0.3 is 19.5 Å². The number of amides is 1. The number of aryl methyl sites for hydroxylation is 1. The molecule has 0 heterocycles. The van der Waals surface area contributed by atoms with E-state index in [1.165, 1.54) is 23.6 Å². The minimum Gasteiger partial charge on any atom is -0.489 e. The number of esters is 1. The Hall–Kier alpha value is -4.58. The monoisotopic (exact) mass is 593 g/mol. The minimum absolute atomic E-state index is 0.0197. The molecule has 0 spiro atoms. The molecule has 0 unspecified atom stereocenters. The molecule has 1 N–H and O–H groups in total. The summed E-state index contributed by atoms with van der Waals surface area (Å²) in [7, 11) is 0. The van der Waals surface area contributed by atoms with Crippen LogP contribution in [0.1, 0.15) is 73.1 Å². The molecule has 0 bridgehead atoms. The molecule has 230 valence electrons. The van der Waals surface area contributed by atoms with Gasteiger partial charge >= 0.3 is 5.97 Å². The normalized spacial score (nSPS) is 11.1. The number of benzene rings is 4. The summed E-state index contributed by atoms with van der Waals surface area (Å²) in [5.41, 5.74) is 6.53. The summed E-state index contributed by atoms with van der Waals surface area (Å²) in [5.74, 6) is 1.07. The summed E-state index contributed by atoms with van der Waals surface area (Å²) < 4.78 is 18.2. The van der Waals surface area contributed by atoms with Crippen LogP contribution in [0.5, 0.6) is 11.5 Å². The van der Waals surface area contributed by atoms with E-state index in [1.807, 2.05) is 63.2 Å². The van der Waals surface area contributed by atoms with E-state index in [1.54, 1.807) is 6.07 Å². The van der Waals surface area contributed by atoms with Crippen LogP contribution in [0.2, 0.25) is 0 Å². The summed E-state index contributed by atoms with van der Waals surface area (Å²) in [6, 6.07) is 30.0. The highest BCUT2D eigenvalue weighted by Gasteiger charge is 2.18. The van der Waals surface area contributed by atoms with Crippen LogP contribution in [-0.4, -0.2) is 24.0 Å². The van der Waals surface area contributed by atoms with Crippen molar-refractivity contribution in [1.82, 2.24) is 5.32 Å². The van der Waals surface area contributed by atoms with Gasteiger partial charge in [0.1, 0.15) is 30.3 Å². The van der Waals surface area contributed by atoms with Crippen molar-refractivity contribution in [2.45, 2.75) is 72.7 Å². The van der Waals surface area contributed by atoms with Gasteiger partial charge in [0.2, 0.25) is 5.91 Å². The maximum atomic E-state index is 12.6. The molecule has 0 saturated heterocycles. The highest BCUT2D eigenvalue weighted by atomic mass is 16.6. The fraction of sp³-hybridized carbons (Fsp3) is 0.316. The molecule has 0 aliphatic carbocycles. The predicted octanol–water partition coefficient (Wildman–Crippen LogP) is 8.23. The van der Waals surface area contributed by atoms with Crippen LogP contribution >= 0.6 is 0 Å². The van der Waals surface area contributed by atoms with Crippen molar-refractivity contribution in [3.8, 4) is 22.6 Å². The fourth-order valence-corrected chi connectivity index (χ4v) is 4.89. The van der Waals surface area contributed by atoms with Gasteiger partial charge in [-0.25, -0.2) is 4.79 Å². The van der Waals surface area contributed by atoms with Crippen LogP contribution < -0.4 is 14.8 Å². The molecule has 4 rings (SSSR count). The van der Waals surface area contributed by atoms with Gasteiger partial charge in [-0.1, -0.05) is 66.7 Å². The molecule has 0 radical (unpaired) electrons. The van der Waals surface area contributed by atoms with Gasteiger partial charge in [-0.2, -0.15) is 0 Å². The zero-order valence-corrected chi connectivity index (χ0v) is 26.4. The van der Waals surface area contributed by atoms with Crippen molar-refractivity contribution in [3.63, 3.8) is 0 Å². The smallest absolute Gasteiger partial charge is 0.338 e. The first-order valence-corrected chi connectivity index (χ1v) is 15.2. The molecule has 0 fully saturated rings. The number of hydrogen-bond donors (Lipinski definition) is 1. The van der Waals surface area contributed by atoms with Crippen molar-refractivity contribution in [2.75, 3.05) is 6.54 Å². The average molecular weight is 594 g/mol. The van der Waals surface area contributed by atoms with Crippen LogP contribution in [-0.2, 0) is 29.2 Å². The highest BCUT2D eigenvalue weighted by Crippen LogP contribution is 2.30. The average Bonchev–Trinajstić information content (AvgIpc) is 2.99. The lowest BCUT2D eigenvalue weighted by Gasteiger charge is -2.19. The lowest BCUT2D eigenvalue weighted by atomic mass is 9.97. The van der Waals surface area contributed by atoms with Gasteiger partial charge in [0.15, 0.2) is 0 Å². The zero-order valence-electron chi connectivity index (χ0n) is 26.4. The van der Waals surface area contributed by atoms with E-state index in [0.717, 1.165) is 41.7 Å². The molecule has 6 nitrogen and oxygen atoms in total. The first-order valence-electron chi connectivity index (χ1n) is 15.2. The minimum atomic E-state index is -0.569. The van der Waals surface area contributed by atoms with Gasteiger partial charge in [-0.3, -0.25) is 4.79 Å². The maximum Gasteiger partial charge on any atom is 0.338 e. The molecule has 0 saturated carbocycles. The van der Waals surface area contributed by atoms with E-state index in [0.29, 0.717) is 24.5 Å². The van der Waals surface area contributed by atoms with Crippen molar-refractivity contribution < 1.29 is 23.8 Å². The third kappa shape index (κ3) is 9.73. The van der Waals surface area contributed by atoms with Gasteiger partial charge in [0.05, 0.1) is 5.56 Å². The largest absolute Gasteiger partial charge is 0.489 e. The first kappa shape index (κ1) is 32.3. The molecule has 4 aromatic carbocycles. The number of unbranched alkanes of at least 4 members (excludes halogenated alkanes) is 1. The quantitative estimate of drug-likeness (QED) is 0.125. The van der Waals surface area contributed by atoms with Crippen LogP contribution in [0.15, 0.2) is 91.0 Å². The second-order valence-electron chi connectivity index (χ2n) is 11.9. The van der Waals surface area contributed by atoms with E-state index >= 15 is 0 Å². The third-order valence-electron chi connectivity index (χ3n) is 7.17. The molecule has 6 heteroatoms. The topological polar surface area (TPSA) is 73.9 Å². The molecule has 44 heavy (non-hydrogen) atoms. The van der Waals surface area contributed by atoms with Crippen LogP contribution in [0.25, 0.3) is 11.1 Å². The predicted molar refractivity (Wildman–Crippen MR) is 175 cm³/mol. The summed E-state index contributed by atoms with van der Waals surface area (Å²) in [4.78, 5) is 23.8. The number of rotatable bonds is 13. The Morgan fingerprint density at radius 2 is 1.55 bits per heavy atom. The molecule has 0 atom stereocenters. The molecule has 0 aliphatic rings. The molecule has 4 aromatic rings. The maximum absolute atomic E-state index is 12.6. The van der Waals surface area contributed by atoms with Crippen LogP contribution in [0, 0.1) is 6.92 Å². The van der Waals surface area contributed by atoms with Crippen LogP contribution in [0.4, 0.5) is 0 Å². The lowest BCUT2D eigenvalue weighted by Crippen LogP contribution is -2.23. The van der Waals surface area contributed by atoms with E-state index in [4.69, 9.17) is 14.2 Å². The van der Waals surface area contributed by atoms with Gasteiger partial charge in [0, 0.05) is 19.5 Å². The molecule has 0 aromatic heterocycles. The Morgan fingerprint density at radius 1 is 0.773 bits per heavy atom. The molecule has 0 aliphatic heterocycles. The van der Waals surface area contributed by atoms with E-state index in [9.17, 15) is 9.59 Å². The van der Waals surface area contributed by atoms with Crippen molar-refractivity contribution in [3.05, 3.63) is 119 Å². The Kier molecular flexibility index (Phi) is 11.2. The third-order valence-corrected chi connectivity index (χ3v) is 7.17. The first-order chi connectivity index (χ1) is 21.1. The second kappa shape index (κ2) is 15.2. The van der Waals surface area contributed by atoms with Crippen LogP contribution in [0.3, 0.4) is 0 Å². The molecular formula is C38H43NO5. The summed E-state index contributed by atoms with van der Waals surface area (Å²) in [6.07, 6.45) is 2.56. The van der Waals surface area contributed by atoms with Crippen molar-refractivity contribution in [1.29, 1.82) is 0 Å². The number of carbonyl (C=O) groups is 2. The Balaban J connectivity index is 1.49. The summed E-state index contributed by atoms with van der Waals surface area (Å²) in [6.45, 7) is 10.6. The fourth-order valence-electron chi connectivity index (χ4n) is 4.89. The zero-order chi connectivity index (χ0) is 31.5. The standard InChI is InChI=1S/C38H43NO5/c1-27-33(18-12-19-35(27)30-14-7-6-8-15-30)26-42-34-21-20-31(16-9-10-22-39-28(2)40)36(24-34)43-25-29-13-11-17-32(23-29)37(41)44-38(3,4)5/h6-8,11-15,17-21,23-24H,9-10,16,22,25-26H2,1-5H3,(H,39,40). The van der Waals surface area contributed by atoms with Gasteiger partial charge in [0.25, 0.3) is 0 Å². The highest BCUT2D eigenvalue weighted by molar-refractivity contribution is 5.89. The van der Waals surface area contributed by atoms with Gasteiger partial charge in [-0.05, 0) is 98.5 Å². The second-order valence-corrected chi connectivity index (χ2v) is 11.9. The molecule has 1 amide bonds. The Bertz CT molecular complexity index is 1560. The number of carbonyl (C=O) groups excluding carboxylic acids is 2. The molecular weight excluding hydrogens is 550 g/mol.